The van der Waals surface area contributed by atoms with E-state index in [9.17, 15) is 0 Å². The molecule has 23 heavy (non-hydrogen) atoms. The summed E-state index contributed by atoms with van der Waals surface area (Å²) in [5, 5.41) is 3.23. The Morgan fingerprint density at radius 3 is 2.91 bits per heavy atom. The zero-order chi connectivity index (χ0) is 16.1. The molecular weight excluding hydrogens is 286 g/mol. The van der Waals surface area contributed by atoms with E-state index >= 15 is 0 Å². The van der Waals surface area contributed by atoms with Crippen LogP contribution in [0.1, 0.15) is 24.0 Å². The van der Waals surface area contributed by atoms with E-state index in [-0.39, 0.29) is 0 Å². The Balaban J connectivity index is 1.46. The van der Waals surface area contributed by atoms with Gasteiger partial charge in [-0.2, -0.15) is 0 Å². The molecule has 1 aromatic rings. The average Bonchev–Trinajstić information content (AvgIpc) is 2.90. The number of aliphatic imine (C=N–C) groups is 1. The second-order valence-electron chi connectivity index (χ2n) is 6.73. The van der Waals surface area contributed by atoms with Crippen LogP contribution in [0.2, 0.25) is 0 Å². The molecule has 1 heterocycles. The van der Waals surface area contributed by atoms with Gasteiger partial charge in [0.15, 0.2) is 5.96 Å². The third-order valence-electron chi connectivity index (χ3n) is 4.88. The highest BCUT2D eigenvalue weighted by Gasteiger charge is 2.12. The topological polar surface area (TPSA) is 56.9 Å². The van der Waals surface area contributed by atoms with Crippen LogP contribution in [0.3, 0.4) is 0 Å². The van der Waals surface area contributed by atoms with Crippen molar-refractivity contribution in [2.24, 2.45) is 10.7 Å². The van der Waals surface area contributed by atoms with Crippen LogP contribution < -0.4 is 11.1 Å². The first-order valence-electron chi connectivity index (χ1n) is 8.80. The maximum Gasteiger partial charge on any atom is 0.193 e. The average molecular weight is 315 g/mol. The van der Waals surface area contributed by atoms with E-state index in [1.807, 2.05) is 0 Å². The first-order chi connectivity index (χ1) is 11.2. The highest BCUT2D eigenvalue weighted by atomic mass is 15.2. The number of nitrogens with one attached hydrogen (secondary N) is 1. The molecule has 2 aliphatic rings. The Kier molecular flexibility index (Phi) is 5.51. The van der Waals surface area contributed by atoms with Crippen LogP contribution in [0, 0.1) is 0 Å². The van der Waals surface area contributed by atoms with Crippen LogP contribution in [0.25, 0.3) is 0 Å². The van der Waals surface area contributed by atoms with E-state index < -0.39 is 0 Å². The zero-order valence-corrected chi connectivity index (χ0v) is 14.2. The third-order valence-corrected chi connectivity index (χ3v) is 4.88. The van der Waals surface area contributed by atoms with Gasteiger partial charge in [0.2, 0.25) is 0 Å². The maximum atomic E-state index is 6.03. The first-order valence-corrected chi connectivity index (χ1v) is 8.80. The second-order valence-corrected chi connectivity index (χ2v) is 6.73. The summed E-state index contributed by atoms with van der Waals surface area (Å²) >= 11 is 0. The lowest BCUT2D eigenvalue weighted by Gasteiger charge is -2.18. The van der Waals surface area contributed by atoms with Crippen molar-refractivity contribution in [3.8, 4) is 0 Å². The lowest BCUT2D eigenvalue weighted by atomic mass is 10.1. The molecule has 0 bridgehead atoms. The Bertz CT molecular complexity index is 554. The molecule has 5 heteroatoms. The number of nitrogens with two attached hydrogens (primary N) is 1. The zero-order valence-electron chi connectivity index (χ0n) is 14.2. The fourth-order valence-corrected chi connectivity index (χ4v) is 3.47. The summed E-state index contributed by atoms with van der Waals surface area (Å²) < 4.78 is 0. The van der Waals surface area contributed by atoms with Gasteiger partial charge in [0, 0.05) is 25.3 Å². The van der Waals surface area contributed by atoms with E-state index in [4.69, 9.17) is 5.73 Å². The molecule has 5 nitrogen and oxygen atoms in total. The summed E-state index contributed by atoms with van der Waals surface area (Å²) in [5.41, 5.74) is 10.0. The lowest BCUT2D eigenvalue weighted by molar-refractivity contribution is 0.283. The fourth-order valence-electron chi connectivity index (χ4n) is 3.47. The number of nitrogens with zero attached hydrogens (tertiary/aromatic N) is 3. The molecule has 0 amide bonds. The molecular formula is C18H29N5. The van der Waals surface area contributed by atoms with E-state index in [2.05, 4.69) is 45.4 Å². The number of guanidine groups is 1. The number of likely N-dealkylation sites (N-methyl/N-ethyl adjacent to an activating group) is 1. The standard InChI is InChI=1S/C18H29N5/c1-22-9-3-10-23(13-12-22)11-8-20-18(19)21-17-7-6-15-4-2-5-16(15)14-17/h6-7,14H,2-5,8-13H2,1H3,(H3,19,20,21). The van der Waals surface area contributed by atoms with Crippen LogP contribution in [0.15, 0.2) is 23.2 Å². The maximum absolute atomic E-state index is 6.03. The van der Waals surface area contributed by atoms with Gasteiger partial charge in [0.25, 0.3) is 0 Å². The number of anilines is 1. The van der Waals surface area contributed by atoms with E-state index in [1.54, 1.807) is 0 Å². The molecule has 3 rings (SSSR count). The first kappa shape index (κ1) is 16.3. The molecule has 1 aromatic carbocycles. The minimum absolute atomic E-state index is 0.523. The second kappa shape index (κ2) is 7.79. The number of fused-ring (bicyclic) bond motifs is 1. The van der Waals surface area contributed by atoms with Crippen molar-refractivity contribution in [1.82, 2.24) is 9.80 Å². The predicted molar refractivity (Wildman–Crippen MR) is 97.1 cm³/mol. The van der Waals surface area contributed by atoms with Gasteiger partial charge in [-0.15, -0.1) is 0 Å². The van der Waals surface area contributed by atoms with Gasteiger partial charge in [-0.3, -0.25) is 4.99 Å². The van der Waals surface area contributed by atoms with Crippen molar-refractivity contribution in [2.75, 3.05) is 51.6 Å². The van der Waals surface area contributed by atoms with Gasteiger partial charge in [-0.25, -0.2) is 0 Å². The highest BCUT2D eigenvalue weighted by Crippen LogP contribution is 2.24. The molecule has 0 unspecified atom stereocenters. The van der Waals surface area contributed by atoms with Crippen molar-refractivity contribution in [2.45, 2.75) is 25.7 Å². The number of aryl methyl sites for hydroxylation is 2. The summed E-state index contributed by atoms with van der Waals surface area (Å²) in [4.78, 5) is 9.36. The quantitative estimate of drug-likeness (QED) is 0.654. The van der Waals surface area contributed by atoms with Crippen LogP contribution >= 0.6 is 0 Å². The fraction of sp³-hybridized carbons (Fsp3) is 0.611. The van der Waals surface area contributed by atoms with Crippen molar-refractivity contribution in [3.05, 3.63) is 29.3 Å². The van der Waals surface area contributed by atoms with Gasteiger partial charge < -0.3 is 20.9 Å². The summed E-state index contributed by atoms with van der Waals surface area (Å²) in [7, 11) is 2.19. The molecule has 1 fully saturated rings. The van der Waals surface area contributed by atoms with Crippen molar-refractivity contribution >= 4 is 11.6 Å². The van der Waals surface area contributed by atoms with Gasteiger partial charge in [0.1, 0.15) is 0 Å². The number of hydrogen-bond donors (Lipinski definition) is 2. The summed E-state index contributed by atoms with van der Waals surface area (Å²) in [6.45, 7) is 6.38. The van der Waals surface area contributed by atoms with Gasteiger partial charge in [-0.05, 0) is 69.1 Å². The van der Waals surface area contributed by atoms with Crippen LogP contribution in [-0.4, -0.2) is 62.1 Å². The molecule has 0 saturated carbocycles. The molecule has 0 aromatic heterocycles. The Hall–Kier alpha value is -1.59. The van der Waals surface area contributed by atoms with Crippen LogP contribution in [0.5, 0.6) is 0 Å². The van der Waals surface area contributed by atoms with Crippen LogP contribution in [-0.2, 0) is 12.8 Å². The van der Waals surface area contributed by atoms with Gasteiger partial charge >= 0.3 is 0 Å². The SMILES string of the molecule is CN1CCCN(CCN=C(N)Nc2ccc3c(c2)CCC3)CC1. The number of rotatable bonds is 4. The Labute approximate surface area is 139 Å². The largest absolute Gasteiger partial charge is 0.370 e. The Morgan fingerprint density at radius 2 is 2.00 bits per heavy atom. The van der Waals surface area contributed by atoms with Gasteiger partial charge in [0.05, 0.1) is 6.54 Å². The molecule has 0 atom stereocenters. The summed E-state index contributed by atoms with van der Waals surface area (Å²) in [6.07, 6.45) is 4.91. The summed E-state index contributed by atoms with van der Waals surface area (Å²) in [5.74, 6) is 0.523. The van der Waals surface area contributed by atoms with Crippen LogP contribution in [0.4, 0.5) is 5.69 Å². The van der Waals surface area contributed by atoms with E-state index in [0.29, 0.717) is 5.96 Å². The molecule has 1 aliphatic heterocycles. The number of hydrogen-bond acceptors (Lipinski definition) is 3. The third kappa shape index (κ3) is 4.69. The highest BCUT2D eigenvalue weighted by molar-refractivity contribution is 5.92. The van der Waals surface area contributed by atoms with Crippen molar-refractivity contribution < 1.29 is 0 Å². The summed E-state index contributed by atoms with van der Waals surface area (Å²) in [6, 6.07) is 6.54. The normalized spacial score (nSPS) is 20.3. The van der Waals surface area contributed by atoms with E-state index in [1.165, 1.54) is 43.4 Å². The van der Waals surface area contributed by atoms with Crippen molar-refractivity contribution in [1.29, 1.82) is 0 Å². The number of benzene rings is 1. The minimum Gasteiger partial charge on any atom is -0.370 e. The van der Waals surface area contributed by atoms with Crippen molar-refractivity contribution in [3.63, 3.8) is 0 Å². The lowest BCUT2D eigenvalue weighted by Crippen LogP contribution is -2.32. The molecule has 3 N–H and O–H groups in total. The predicted octanol–water partition coefficient (Wildman–Crippen LogP) is 1.54. The molecule has 126 valence electrons. The monoisotopic (exact) mass is 315 g/mol. The smallest absolute Gasteiger partial charge is 0.193 e. The van der Waals surface area contributed by atoms with Gasteiger partial charge in [-0.1, -0.05) is 6.07 Å². The molecule has 0 radical (unpaired) electrons. The Morgan fingerprint density at radius 1 is 1.13 bits per heavy atom. The molecule has 0 spiro atoms. The molecule has 1 aliphatic carbocycles. The minimum atomic E-state index is 0.523. The molecule has 1 saturated heterocycles. The van der Waals surface area contributed by atoms with E-state index in [0.717, 1.165) is 38.4 Å².